The molecule has 0 saturated heterocycles. The summed E-state index contributed by atoms with van der Waals surface area (Å²) >= 11 is 0. The van der Waals surface area contributed by atoms with Crippen LogP contribution in [0, 0.1) is 13.8 Å². The number of anilines is 1. The predicted molar refractivity (Wildman–Crippen MR) is 101 cm³/mol. The fourth-order valence-corrected chi connectivity index (χ4v) is 3.53. The van der Waals surface area contributed by atoms with Crippen LogP contribution >= 0.6 is 0 Å². The number of hydrogen-bond acceptors (Lipinski definition) is 4. The number of alkyl halides is 3. The molecule has 0 spiro atoms. The van der Waals surface area contributed by atoms with Gasteiger partial charge in [-0.1, -0.05) is 12.1 Å². The van der Waals surface area contributed by atoms with Crippen LogP contribution in [0.2, 0.25) is 0 Å². The highest BCUT2D eigenvalue weighted by atomic mass is 32.2. The van der Waals surface area contributed by atoms with Gasteiger partial charge in [0.05, 0.1) is 15.9 Å². The number of para-hydroxylation sites is 2. The van der Waals surface area contributed by atoms with E-state index >= 15 is 0 Å². The van der Waals surface area contributed by atoms with Gasteiger partial charge in [-0.25, -0.2) is 18.5 Å². The summed E-state index contributed by atoms with van der Waals surface area (Å²) in [5.74, 6) is -1.97. The van der Waals surface area contributed by atoms with E-state index in [4.69, 9.17) is 5.14 Å². The largest absolute Gasteiger partial charge is 0.449 e. The average molecular weight is 426 g/mol. The van der Waals surface area contributed by atoms with Crippen molar-refractivity contribution in [3.8, 4) is 0 Å². The molecule has 7 nitrogen and oxygen atoms in total. The molecule has 11 heteroatoms. The number of carbonyl (C=O) groups is 1. The van der Waals surface area contributed by atoms with Gasteiger partial charge in [0.15, 0.2) is 0 Å². The highest BCUT2D eigenvalue weighted by Gasteiger charge is 2.38. The zero-order valence-corrected chi connectivity index (χ0v) is 16.2. The number of hydrogen-bond donors (Lipinski definition) is 2. The molecular formula is C18H17F3N4O3S. The van der Waals surface area contributed by atoms with Crippen molar-refractivity contribution in [1.29, 1.82) is 0 Å². The minimum atomic E-state index is -4.75. The van der Waals surface area contributed by atoms with Gasteiger partial charge in [0.25, 0.3) is 0 Å². The molecule has 0 aliphatic rings. The zero-order valence-electron chi connectivity index (χ0n) is 15.4. The Kier molecular flexibility index (Phi) is 5.13. The third-order valence-corrected chi connectivity index (χ3v) is 5.35. The van der Waals surface area contributed by atoms with Crippen molar-refractivity contribution >= 4 is 32.7 Å². The van der Waals surface area contributed by atoms with Gasteiger partial charge in [-0.2, -0.15) is 13.2 Å². The molecular weight excluding hydrogens is 409 g/mol. The fourth-order valence-electron chi connectivity index (χ4n) is 2.91. The molecule has 29 heavy (non-hydrogen) atoms. The number of nitrogens with one attached hydrogen (secondary N) is 1. The van der Waals surface area contributed by atoms with Crippen LogP contribution in [-0.2, 0) is 27.5 Å². The van der Waals surface area contributed by atoms with E-state index in [9.17, 15) is 26.4 Å². The van der Waals surface area contributed by atoms with E-state index in [1.807, 2.05) is 0 Å². The number of carbonyl (C=O) groups excluding carboxylic acids is 1. The summed E-state index contributed by atoms with van der Waals surface area (Å²) in [6, 6.07) is 8.47. The van der Waals surface area contributed by atoms with E-state index in [-0.39, 0.29) is 21.6 Å². The second-order valence-electron chi connectivity index (χ2n) is 6.51. The quantitative estimate of drug-likeness (QED) is 0.669. The molecule has 0 aliphatic carbocycles. The number of rotatable bonds is 4. The van der Waals surface area contributed by atoms with Crippen LogP contribution in [0.4, 0.5) is 18.9 Å². The van der Waals surface area contributed by atoms with Crippen molar-refractivity contribution in [3.63, 3.8) is 0 Å². The average Bonchev–Trinajstić information content (AvgIpc) is 2.97. The lowest BCUT2D eigenvalue weighted by molar-refractivity contribution is -0.147. The number of amides is 1. The molecule has 3 N–H and O–H groups in total. The Morgan fingerprint density at radius 2 is 1.86 bits per heavy atom. The molecule has 0 fully saturated rings. The maximum absolute atomic E-state index is 13.4. The van der Waals surface area contributed by atoms with E-state index in [0.29, 0.717) is 11.1 Å². The molecule has 0 unspecified atom stereocenters. The third kappa shape index (κ3) is 4.25. The molecule has 1 aromatic heterocycles. The number of fused-ring (bicyclic) bond motifs is 1. The van der Waals surface area contributed by atoms with E-state index in [1.165, 1.54) is 24.3 Å². The molecule has 0 aliphatic heterocycles. The van der Waals surface area contributed by atoms with E-state index < -0.39 is 34.5 Å². The summed E-state index contributed by atoms with van der Waals surface area (Å²) in [7, 11) is -4.02. The highest BCUT2D eigenvalue weighted by molar-refractivity contribution is 7.89. The number of nitrogens with zero attached hydrogens (tertiary/aromatic N) is 2. The Labute approximate surface area is 164 Å². The number of benzene rings is 2. The van der Waals surface area contributed by atoms with Crippen molar-refractivity contribution in [3.05, 3.63) is 53.3 Å². The van der Waals surface area contributed by atoms with Gasteiger partial charge >= 0.3 is 6.18 Å². The SMILES string of the molecule is Cc1cc(S(N)(=O)=O)cc(NC(=O)Cn2c(C(F)(F)F)nc3ccccc32)c1C. The number of halogens is 3. The molecule has 1 amide bonds. The van der Waals surface area contributed by atoms with Gasteiger partial charge in [-0.05, 0) is 49.2 Å². The van der Waals surface area contributed by atoms with Crippen molar-refractivity contribution in [2.24, 2.45) is 5.14 Å². The Bertz CT molecular complexity index is 1220. The predicted octanol–water partition coefficient (Wildman–Crippen LogP) is 2.96. The first kappa shape index (κ1) is 20.8. The molecule has 0 radical (unpaired) electrons. The van der Waals surface area contributed by atoms with Gasteiger partial charge in [-0.15, -0.1) is 0 Å². The molecule has 1 heterocycles. The van der Waals surface area contributed by atoms with Crippen molar-refractivity contribution in [2.45, 2.75) is 31.5 Å². The molecule has 0 saturated carbocycles. The van der Waals surface area contributed by atoms with Crippen molar-refractivity contribution in [2.75, 3.05) is 5.32 Å². The fraction of sp³-hybridized carbons (Fsp3) is 0.222. The second kappa shape index (κ2) is 7.16. The first-order chi connectivity index (χ1) is 13.4. The van der Waals surface area contributed by atoms with E-state index in [2.05, 4.69) is 10.3 Å². The molecule has 3 aromatic rings. The number of primary sulfonamides is 1. The number of nitrogens with two attached hydrogens (primary N) is 1. The Balaban J connectivity index is 1.98. The van der Waals surface area contributed by atoms with Crippen LogP contribution in [0.1, 0.15) is 17.0 Å². The van der Waals surface area contributed by atoms with Gasteiger partial charge in [0, 0.05) is 5.69 Å². The van der Waals surface area contributed by atoms with E-state index in [1.54, 1.807) is 26.0 Å². The highest BCUT2D eigenvalue weighted by Crippen LogP contribution is 2.31. The Morgan fingerprint density at radius 1 is 1.21 bits per heavy atom. The smallest absolute Gasteiger partial charge is 0.324 e. The Hall–Kier alpha value is -2.92. The summed E-state index contributed by atoms with van der Waals surface area (Å²) < 4.78 is 64.1. The monoisotopic (exact) mass is 426 g/mol. The van der Waals surface area contributed by atoms with Crippen LogP contribution in [0.25, 0.3) is 11.0 Å². The van der Waals surface area contributed by atoms with Crippen LogP contribution in [0.3, 0.4) is 0 Å². The molecule has 3 rings (SSSR count). The van der Waals surface area contributed by atoms with Crippen molar-refractivity contribution < 1.29 is 26.4 Å². The summed E-state index contributed by atoms with van der Waals surface area (Å²) in [4.78, 5) is 15.9. The minimum absolute atomic E-state index is 0.107. The Morgan fingerprint density at radius 3 is 2.48 bits per heavy atom. The van der Waals surface area contributed by atoms with E-state index in [0.717, 1.165) is 4.57 Å². The van der Waals surface area contributed by atoms with Crippen molar-refractivity contribution in [1.82, 2.24) is 9.55 Å². The molecule has 0 atom stereocenters. The first-order valence-corrected chi connectivity index (χ1v) is 9.89. The number of sulfonamides is 1. The summed E-state index contributed by atoms with van der Waals surface area (Å²) in [5, 5.41) is 7.61. The second-order valence-corrected chi connectivity index (χ2v) is 8.08. The summed E-state index contributed by atoms with van der Waals surface area (Å²) in [6.07, 6.45) is -4.75. The molecule has 0 bridgehead atoms. The van der Waals surface area contributed by atoms with Crippen LogP contribution in [0.5, 0.6) is 0 Å². The van der Waals surface area contributed by atoms with Gasteiger partial charge in [0.2, 0.25) is 21.8 Å². The third-order valence-electron chi connectivity index (χ3n) is 4.45. The summed E-state index contributed by atoms with van der Waals surface area (Å²) in [6.45, 7) is 2.61. The standard InChI is InChI=1S/C18H17F3N4O3S/c1-10-7-12(29(22,27)28)8-14(11(10)2)23-16(26)9-25-15-6-4-3-5-13(15)24-17(25)18(19,20)21/h3-8H,9H2,1-2H3,(H,23,26)(H2,22,27,28). The molecule has 154 valence electrons. The van der Waals surface area contributed by atoms with Gasteiger partial charge < -0.3 is 9.88 Å². The van der Waals surface area contributed by atoms with Crippen LogP contribution < -0.4 is 10.5 Å². The summed E-state index contributed by atoms with van der Waals surface area (Å²) in [5.41, 5.74) is 1.53. The minimum Gasteiger partial charge on any atom is -0.324 e. The lowest BCUT2D eigenvalue weighted by atomic mass is 10.1. The normalized spacial score (nSPS) is 12.3. The molecule has 2 aromatic carbocycles. The van der Waals surface area contributed by atoms with Gasteiger partial charge in [0.1, 0.15) is 6.54 Å². The maximum Gasteiger partial charge on any atom is 0.449 e. The maximum atomic E-state index is 13.4. The van der Waals surface area contributed by atoms with Crippen LogP contribution in [-0.4, -0.2) is 23.9 Å². The number of aryl methyl sites for hydroxylation is 1. The van der Waals surface area contributed by atoms with Crippen LogP contribution in [0.15, 0.2) is 41.3 Å². The van der Waals surface area contributed by atoms with Gasteiger partial charge in [-0.3, -0.25) is 4.79 Å². The number of imidazole rings is 1. The topological polar surface area (TPSA) is 107 Å². The number of aromatic nitrogens is 2. The first-order valence-electron chi connectivity index (χ1n) is 8.34. The lowest BCUT2D eigenvalue weighted by Crippen LogP contribution is -2.24. The zero-order chi connectivity index (χ0) is 21.6. The lowest BCUT2D eigenvalue weighted by Gasteiger charge is -2.15.